The van der Waals surface area contributed by atoms with Gasteiger partial charge in [-0.2, -0.15) is 0 Å². The van der Waals surface area contributed by atoms with Crippen LogP contribution in [0, 0.1) is 5.92 Å². The molecule has 1 aliphatic heterocycles. The summed E-state index contributed by atoms with van der Waals surface area (Å²) in [6.07, 6.45) is 7.34. The Morgan fingerprint density at radius 3 is 2.45 bits per heavy atom. The molecule has 0 aromatic carbocycles. The van der Waals surface area contributed by atoms with Crippen LogP contribution in [-0.2, 0) is 0 Å². The molecular formula is C10H21N. The van der Waals surface area contributed by atoms with E-state index in [-0.39, 0.29) is 0 Å². The summed E-state index contributed by atoms with van der Waals surface area (Å²) in [6, 6.07) is 0.916. The second kappa shape index (κ2) is 4.76. The second-order valence-corrected chi connectivity index (χ2v) is 3.39. The third kappa shape index (κ3) is 2.19. The zero-order chi connectivity index (χ0) is 8.10. The minimum atomic E-state index is 0.916. The first-order chi connectivity index (χ1) is 5.47. The van der Waals surface area contributed by atoms with Crippen LogP contribution in [0.4, 0.5) is 0 Å². The van der Waals surface area contributed by atoms with Gasteiger partial charge in [-0.15, -0.1) is 0 Å². The molecule has 2 atom stereocenters. The van der Waals surface area contributed by atoms with Crippen LogP contribution in [0.15, 0.2) is 0 Å². The van der Waals surface area contributed by atoms with E-state index in [1.54, 1.807) is 0 Å². The van der Waals surface area contributed by atoms with Crippen molar-refractivity contribution >= 4 is 0 Å². The number of fused-ring (bicyclic) bond motifs is 1. The maximum Gasteiger partial charge on any atom is 0.00953 e. The smallest absolute Gasteiger partial charge is 0.00953 e. The fourth-order valence-corrected chi connectivity index (χ4v) is 2.30. The summed E-state index contributed by atoms with van der Waals surface area (Å²) in [5.41, 5.74) is 0. The lowest BCUT2D eigenvalue weighted by Crippen LogP contribution is -2.37. The SMILES string of the molecule is C1CNC2CCCC2C1.CC. The fourth-order valence-electron chi connectivity index (χ4n) is 2.30. The van der Waals surface area contributed by atoms with Gasteiger partial charge in [0.2, 0.25) is 0 Å². The summed E-state index contributed by atoms with van der Waals surface area (Å²) in [4.78, 5) is 0. The molecule has 1 saturated carbocycles. The first-order valence-electron chi connectivity index (χ1n) is 5.20. The Balaban J connectivity index is 0.000000281. The third-order valence-corrected chi connectivity index (χ3v) is 2.82. The molecule has 1 heteroatoms. The minimum Gasteiger partial charge on any atom is -0.314 e. The van der Waals surface area contributed by atoms with E-state index in [1.165, 1.54) is 38.6 Å². The van der Waals surface area contributed by atoms with E-state index in [2.05, 4.69) is 5.32 Å². The zero-order valence-corrected chi connectivity index (χ0v) is 7.90. The summed E-state index contributed by atoms with van der Waals surface area (Å²) in [5.74, 6) is 1.05. The van der Waals surface area contributed by atoms with Gasteiger partial charge in [-0.1, -0.05) is 20.3 Å². The topological polar surface area (TPSA) is 12.0 Å². The third-order valence-electron chi connectivity index (χ3n) is 2.82. The molecule has 1 aliphatic carbocycles. The van der Waals surface area contributed by atoms with Gasteiger partial charge in [0, 0.05) is 6.04 Å². The fraction of sp³-hybridized carbons (Fsp3) is 1.00. The molecule has 0 spiro atoms. The van der Waals surface area contributed by atoms with Crippen molar-refractivity contribution in [2.75, 3.05) is 6.54 Å². The number of hydrogen-bond donors (Lipinski definition) is 1. The summed E-state index contributed by atoms with van der Waals surface area (Å²) < 4.78 is 0. The predicted octanol–water partition coefficient (Wildman–Crippen LogP) is 2.56. The molecule has 0 radical (unpaired) electrons. The van der Waals surface area contributed by atoms with E-state index in [0.717, 1.165) is 12.0 Å². The van der Waals surface area contributed by atoms with Crippen LogP contribution in [0.5, 0.6) is 0 Å². The Labute approximate surface area is 70.6 Å². The molecular weight excluding hydrogens is 134 g/mol. The van der Waals surface area contributed by atoms with Gasteiger partial charge in [-0.25, -0.2) is 0 Å². The van der Waals surface area contributed by atoms with E-state index in [1.807, 2.05) is 13.8 Å². The van der Waals surface area contributed by atoms with E-state index in [4.69, 9.17) is 0 Å². The molecule has 1 heterocycles. The molecule has 2 aliphatic rings. The lowest BCUT2D eigenvalue weighted by molar-refractivity contribution is 0.318. The highest BCUT2D eigenvalue weighted by molar-refractivity contribution is 4.86. The normalized spacial score (nSPS) is 35.5. The number of piperidine rings is 1. The van der Waals surface area contributed by atoms with Crippen LogP contribution in [-0.4, -0.2) is 12.6 Å². The lowest BCUT2D eigenvalue weighted by Gasteiger charge is -2.26. The molecule has 1 nitrogen and oxygen atoms in total. The Morgan fingerprint density at radius 2 is 1.73 bits per heavy atom. The molecule has 2 fully saturated rings. The van der Waals surface area contributed by atoms with Crippen molar-refractivity contribution in [3.63, 3.8) is 0 Å². The highest BCUT2D eigenvalue weighted by Crippen LogP contribution is 2.31. The average Bonchev–Trinajstić information content (AvgIpc) is 2.55. The maximum atomic E-state index is 3.58. The summed E-state index contributed by atoms with van der Waals surface area (Å²) in [6.45, 7) is 5.28. The van der Waals surface area contributed by atoms with Crippen molar-refractivity contribution in [3.05, 3.63) is 0 Å². The molecule has 0 aromatic rings. The molecule has 1 saturated heterocycles. The van der Waals surface area contributed by atoms with Crippen molar-refractivity contribution in [1.29, 1.82) is 0 Å². The largest absolute Gasteiger partial charge is 0.314 e. The van der Waals surface area contributed by atoms with Gasteiger partial charge in [0.05, 0.1) is 0 Å². The monoisotopic (exact) mass is 155 g/mol. The second-order valence-electron chi connectivity index (χ2n) is 3.39. The van der Waals surface area contributed by atoms with E-state index in [0.29, 0.717) is 0 Å². The summed E-state index contributed by atoms with van der Waals surface area (Å²) >= 11 is 0. The van der Waals surface area contributed by atoms with Gasteiger partial charge < -0.3 is 5.32 Å². The van der Waals surface area contributed by atoms with Crippen molar-refractivity contribution in [1.82, 2.24) is 5.32 Å². The molecule has 2 rings (SSSR count). The van der Waals surface area contributed by atoms with Gasteiger partial charge in [-0.05, 0) is 38.1 Å². The number of nitrogens with one attached hydrogen (secondary N) is 1. The summed E-state index contributed by atoms with van der Waals surface area (Å²) in [7, 11) is 0. The van der Waals surface area contributed by atoms with Gasteiger partial charge in [0.15, 0.2) is 0 Å². The quantitative estimate of drug-likeness (QED) is 0.567. The highest BCUT2D eigenvalue weighted by Gasteiger charge is 2.28. The van der Waals surface area contributed by atoms with Crippen molar-refractivity contribution in [2.45, 2.75) is 52.0 Å². The average molecular weight is 155 g/mol. The Morgan fingerprint density at radius 1 is 1.00 bits per heavy atom. The minimum absolute atomic E-state index is 0.916. The Bertz CT molecular complexity index is 89.0. The number of rotatable bonds is 0. The maximum absolute atomic E-state index is 3.58. The molecule has 1 N–H and O–H groups in total. The Hall–Kier alpha value is -0.0400. The highest BCUT2D eigenvalue weighted by atomic mass is 14.9. The van der Waals surface area contributed by atoms with Crippen LogP contribution in [0.2, 0.25) is 0 Å². The van der Waals surface area contributed by atoms with Gasteiger partial charge in [-0.3, -0.25) is 0 Å². The molecule has 11 heavy (non-hydrogen) atoms. The predicted molar refractivity (Wildman–Crippen MR) is 49.7 cm³/mol. The Kier molecular flexibility index (Phi) is 3.92. The van der Waals surface area contributed by atoms with Crippen LogP contribution >= 0.6 is 0 Å². The van der Waals surface area contributed by atoms with Crippen molar-refractivity contribution < 1.29 is 0 Å². The molecule has 66 valence electrons. The van der Waals surface area contributed by atoms with Crippen LogP contribution in [0.25, 0.3) is 0 Å². The van der Waals surface area contributed by atoms with E-state index >= 15 is 0 Å². The standard InChI is InChI=1S/C8H15N.C2H6/c1-3-7-4-2-6-9-8(7)5-1;1-2/h7-9H,1-6H2;1-2H3. The van der Waals surface area contributed by atoms with E-state index < -0.39 is 0 Å². The van der Waals surface area contributed by atoms with Crippen molar-refractivity contribution in [2.24, 2.45) is 5.92 Å². The van der Waals surface area contributed by atoms with Gasteiger partial charge >= 0.3 is 0 Å². The lowest BCUT2D eigenvalue weighted by atomic mass is 9.94. The van der Waals surface area contributed by atoms with Gasteiger partial charge in [0.25, 0.3) is 0 Å². The first-order valence-corrected chi connectivity index (χ1v) is 5.20. The number of hydrogen-bond acceptors (Lipinski definition) is 1. The van der Waals surface area contributed by atoms with Gasteiger partial charge in [0.1, 0.15) is 0 Å². The molecule has 0 aromatic heterocycles. The molecule has 2 unspecified atom stereocenters. The molecule has 0 bridgehead atoms. The molecule has 0 amide bonds. The van der Waals surface area contributed by atoms with Crippen LogP contribution in [0.1, 0.15) is 46.0 Å². The van der Waals surface area contributed by atoms with Crippen molar-refractivity contribution in [3.8, 4) is 0 Å². The summed E-state index contributed by atoms with van der Waals surface area (Å²) in [5, 5.41) is 3.58. The van der Waals surface area contributed by atoms with Crippen LogP contribution in [0.3, 0.4) is 0 Å². The zero-order valence-electron chi connectivity index (χ0n) is 7.90. The first kappa shape index (κ1) is 9.05. The van der Waals surface area contributed by atoms with Crippen LogP contribution < -0.4 is 5.32 Å². The van der Waals surface area contributed by atoms with E-state index in [9.17, 15) is 0 Å².